The molecule has 2 saturated heterocycles. The van der Waals surface area contributed by atoms with Gasteiger partial charge in [-0.3, -0.25) is 9.80 Å². The molecule has 122 valence electrons. The van der Waals surface area contributed by atoms with Crippen LogP contribution in [0.3, 0.4) is 0 Å². The standard InChI is InChI=1S/C16H20ClN5O/c1-20-4-5-23-16-9-21(8-15(16)20)7-12-2-3-13(17)6-14(12)22-11-18-10-19-22/h2-3,6,10-11,15-16H,4-5,7-9H2,1H3/t15-,16+/m0/s1. The molecule has 0 saturated carbocycles. The quantitative estimate of drug-likeness (QED) is 0.850. The molecule has 2 aliphatic heterocycles. The Bertz CT molecular complexity index is 677. The summed E-state index contributed by atoms with van der Waals surface area (Å²) in [7, 11) is 2.19. The summed E-state index contributed by atoms with van der Waals surface area (Å²) in [5, 5.41) is 4.95. The molecule has 0 radical (unpaired) electrons. The van der Waals surface area contributed by atoms with Gasteiger partial charge in [-0.05, 0) is 24.7 Å². The minimum atomic E-state index is 0.316. The van der Waals surface area contributed by atoms with Gasteiger partial charge in [0.1, 0.15) is 12.7 Å². The molecule has 0 amide bonds. The van der Waals surface area contributed by atoms with Gasteiger partial charge in [-0.2, -0.15) is 5.10 Å². The van der Waals surface area contributed by atoms with Crippen LogP contribution in [0.5, 0.6) is 0 Å². The zero-order chi connectivity index (χ0) is 15.8. The van der Waals surface area contributed by atoms with Gasteiger partial charge < -0.3 is 4.74 Å². The van der Waals surface area contributed by atoms with E-state index in [9.17, 15) is 0 Å². The third-order valence-electron chi connectivity index (χ3n) is 4.76. The van der Waals surface area contributed by atoms with E-state index in [-0.39, 0.29) is 0 Å². The van der Waals surface area contributed by atoms with Crippen molar-refractivity contribution in [3.8, 4) is 5.69 Å². The fraction of sp³-hybridized carbons (Fsp3) is 0.500. The number of nitrogens with zero attached hydrogens (tertiary/aromatic N) is 5. The van der Waals surface area contributed by atoms with E-state index in [0.29, 0.717) is 17.2 Å². The predicted molar refractivity (Wildman–Crippen MR) is 87.8 cm³/mol. The van der Waals surface area contributed by atoms with E-state index >= 15 is 0 Å². The van der Waals surface area contributed by atoms with Crippen LogP contribution < -0.4 is 0 Å². The van der Waals surface area contributed by atoms with Crippen LogP contribution in [0.4, 0.5) is 0 Å². The highest BCUT2D eigenvalue weighted by Gasteiger charge is 2.38. The van der Waals surface area contributed by atoms with E-state index in [1.165, 1.54) is 11.9 Å². The molecule has 0 bridgehead atoms. The summed E-state index contributed by atoms with van der Waals surface area (Å²) in [6.07, 6.45) is 3.56. The molecular weight excluding hydrogens is 314 g/mol. The van der Waals surface area contributed by atoms with E-state index in [1.54, 1.807) is 11.0 Å². The van der Waals surface area contributed by atoms with Gasteiger partial charge in [0.15, 0.2) is 0 Å². The number of rotatable bonds is 3. The minimum Gasteiger partial charge on any atom is -0.374 e. The number of hydrogen-bond acceptors (Lipinski definition) is 5. The van der Waals surface area contributed by atoms with Gasteiger partial charge in [0.25, 0.3) is 0 Å². The maximum absolute atomic E-state index is 6.17. The van der Waals surface area contributed by atoms with Crippen LogP contribution in [-0.2, 0) is 11.3 Å². The molecule has 0 unspecified atom stereocenters. The van der Waals surface area contributed by atoms with Crippen molar-refractivity contribution < 1.29 is 4.74 Å². The van der Waals surface area contributed by atoms with E-state index in [0.717, 1.165) is 38.5 Å². The average molecular weight is 334 g/mol. The number of halogens is 1. The lowest BCUT2D eigenvalue weighted by molar-refractivity contribution is -0.0370. The highest BCUT2D eigenvalue weighted by molar-refractivity contribution is 6.30. The second-order valence-electron chi connectivity index (χ2n) is 6.26. The first-order valence-corrected chi connectivity index (χ1v) is 8.26. The van der Waals surface area contributed by atoms with Gasteiger partial charge in [-0.25, -0.2) is 9.67 Å². The molecule has 1 aromatic heterocycles. The van der Waals surface area contributed by atoms with Crippen molar-refractivity contribution in [3.63, 3.8) is 0 Å². The number of fused-ring (bicyclic) bond motifs is 1. The van der Waals surface area contributed by atoms with E-state index in [2.05, 4.69) is 33.0 Å². The Kier molecular flexibility index (Phi) is 4.07. The van der Waals surface area contributed by atoms with Gasteiger partial charge in [-0.15, -0.1) is 0 Å². The molecule has 6 nitrogen and oxygen atoms in total. The van der Waals surface area contributed by atoms with Crippen LogP contribution in [-0.4, -0.2) is 70.0 Å². The summed E-state index contributed by atoms with van der Waals surface area (Å²) >= 11 is 6.17. The maximum atomic E-state index is 6.17. The fourth-order valence-corrected chi connectivity index (χ4v) is 3.69. The van der Waals surface area contributed by atoms with Gasteiger partial charge in [0.05, 0.1) is 18.4 Å². The van der Waals surface area contributed by atoms with E-state index in [1.807, 2.05) is 12.1 Å². The van der Waals surface area contributed by atoms with Crippen molar-refractivity contribution in [2.45, 2.75) is 18.7 Å². The number of hydrogen-bond donors (Lipinski definition) is 0. The molecule has 2 atom stereocenters. The van der Waals surface area contributed by atoms with Crippen molar-refractivity contribution in [3.05, 3.63) is 41.4 Å². The summed E-state index contributed by atoms with van der Waals surface area (Å²) < 4.78 is 7.70. The summed E-state index contributed by atoms with van der Waals surface area (Å²) in [4.78, 5) is 8.89. The normalized spacial score (nSPS) is 25.7. The number of morpholine rings is 1. The Labute approximate surface area is 140 Å². The number of ether oxygens (including phenoxy) is 1. The predicted octanol–water partition coefficient (Wildman–Crippen LogP) is 1.44. The van der Waals surface area contributed by atoms with Crippen molar-refractivity contribution >= 4 is 11.6 Å². The van der Waals surface area contributed by atoms with Crippen molar-refractivity contribution in [2.75, 3.05) is 33.3 Å². The van der Waals surface area contributed by atoms with Crippen molar-refractivity contribution in [1.82, 2.24) is 24.6 Å². The highest BCUT2D eigenvalue weighted by Crippen LogP contribution is 2.26. The second kappa shape index (κ2) is 6.20. The van der Waals surface area contributed by atoms with Crippen molar-refractivity contribution in [1.29, 1.82) is 0 Å². The van der Waals surface area contributed by atoms with Crippen LogP contribution >= 0.6 is 11.6 Å². The molecule has 7 heteroatoms. The Hall–Kier alpha value is -1.47. The molecule has 0 N–H and O–H groups in total. The summed E-state index contributed by atoms with van der Waals surface area (Å²) in [5.74, 6) is 0. The summed E-state index contributed by atoms with van der Waals surface area (Å²) in [6, 6.07) is 6.44. The SMILES string of the molecule is CN1CCO[C@@H]2CN(Cc3ccc(Cl)cc3-n3cncn3)C[C@@H]21. The molecule has 2 aliphatic rings. The highest BCUT2D eigenvalue weighted by atomic mass is 35.5. The average Bonchev–Trinajstić information content (AvgIpc) is 3.19. The smallest absolute Gasteiger partial charge is 0.138 e. The Morgan fingerprint density at radius 2 is 2.26 bits per heavy atom. The third kappa shape index (κ3) is 2.99. The van der Waals surface area contributed by atoms with Gasteiger partial charge >= 0.3 is 0 Å². The molecule has 2 aromatic rings. The van der Waals surface area contributed by atoms with Crippen LogP contribution in [0, 0.1) is 0 Å². The van der Waals surface area contributed by atoms with Gasteiger partial charge in [0.2, 0.25) is 0 Å². The number of likely N-dealkylation sites (N-methyl/N-ethyl adjacent to an activating group) is 1. The monoisotopic (exact) mass is 333 g/mol. The van der Waals surface area contributed by atoms with Crippen LogP contribution in [0.1, 0.15) is 5.56 Å². The zero-order valence-corrected chi connectivity index (χ0v) is 13.9. The largest absolute Gasteiger partial charge is 0.374 e. The summed E-state index contributed by atoms with van der Waals surface area (Å²) in [6.45, 7) is 4.70. The van der Waals surface area contributed by atoms with Crippen LogP contribution in [0.15, 0.2) is 30.9 Å². The third-order valence-corrected chi connectivity index (χ3v) is 5.00. The van der Waals surface area contributed by atoms with E-state index in [4.69, 9.17) is 16.3 Å². The Morgan fingerprint density at radius 1 is 1.35 bits per heavy atom. The number of benzene rings is 1. The maximum Gasteiger partial charge on any atom is 0.138 e. The second-order valence-corrected chi connectivity index (χ2v) is 6.70. The lowest BCUT2D eigenvalue weighted by Gasteiger charge is -2.33. The Morgan fingerprint density at radius 3 is 3.04 bits per heavy atom. The molecule has 0 spiro atoms. The van der Waals surface area contributed by atoms with Crippen LogP contribution in [0.25, 0.3) is 5.69 Å². The van der Waals surface area contributed by atoms with Gasteiger partial charge in [0, 0.05) is 37.2 Å². The number of likely N-dealkylation sites (tertiary alicyclic amines) is 1. The molecule has 23 heavy (non-hydrogen) atoms. The van der Waals surface area contributed by atoms with Gasteiger partial charge in [-0.1, -0.05) is 17.7 Å². The summed E-state index contributed by atoms with van der Waals surface area (Å²) in [5.41, 5.74) is 2.18. The first kappa shape index (κ1) is 15.1. The lowest BCUT2D eigenvalue weighted by Crippen LogP contribution is -2.48. The van der Waals surface area contributed by atoms with E-state index < -0.39 is 0 Å². The fourth-order valence-electron chi connectivity index (χ4n) is 3.52. The molecule has 0 aliphatic carbocycles. The molecule has 4 rings (SSSR count). The first-order valence-electron chi connectivity index (χ1n) is 7.88. The first-order chi connectivity index (χ1) is 11.2. The molecule has 1 aromatic carbocycles. The molecule has 2 fully saturated rings. The Balaban J connectivity index is 1.56. The zero-order valence-electron chi connectivity index (χ0n) is 13.1. The molecular formula is C16H20ClN5O. The minimum absolute atomic E-state index is 0.316. The topological polar surface area (TPSA) is 46.4 Å². The lowest BCUT2D eigenvalue weighted by atomic mass is 10.1. The van der Waals surface area contributed by atoms with Crippen LogP contribution in [0.2, 0.25) is 5.02 Å². The molecule has 3 heterocycles. The number of aromatic nitrogens is 3. The van der Waals surface area contributed by atoms with Crippen molar-refractivity contribution in [2.24, 2.45) is 0 Å².